The zero-order chi connectivity index (χ0) is 16.5. The quantitative estimate of drug-likeness (QED) is 0.860. The van der Waals surface area contributed by atoms with Gasteiger partial charge in [0.05, 0.1) is 11.2 Å². The summed E-state index contributed by atoms with van der Waals surface area (Å²) in [4.78, 5) is 11.4. The lowest BCUT2D eigenvalue weighted by Crippen LogP contribution is -2.41. The van der Waals surface area contributed by atoms with Crippen LogP contribution in [-0.4, -0.2) is 37.9 Å². The molecule has 1 N–H and O–H groups in total. The average Bonchev–Trinajstić information content (AvgIpc) is 2.58. The molecule has 1 aliphatic heterocycles. The fourth-order valence-corrected chi connectivity index (χ4v) is 2.09. The molecule has 1 fully saturated rings. The van der Waals surface area contributed by atoms with Gasteiger partial charge in [0.1, 0.15) is 12.4 Å². The molecular formula is C15H21BFNO4. The van der Waals surface area contributed by atoms with Crippen LogP contribution in [0.2, 0.25) is 0 Å². The monoisotopic (exact) mass is 309 g/mol. The van der Waals surface area contributed by atoms with E-state index in [2.05, 4.69) is 5.32 Å². The predicted octanol–water partition coefficient (Wildman–Crippen LogP) is 1.71. The van der Waals surface area contributed by atoms with Crippen molar-refractivity contribution in [3.8, 4) is 0 Å². The molecule has 120 valence electrons. The Balaban J connectivity index is 2.16. The van der Waals surface area contributed by atoms with E-state index in [0.29, 0.717) is 11.2 Å². The first-order valence-electron chi connectivity index (χ1n) is 7.10. The van der Waals surface area contributed by atoms with E-state index in [0.717, 1.165) is 0 Å². The molecule has 1 aliphatic rings. The molecule has 0 atom stereocenters. The molecule has 0 unspecified atom stereocenters. The fraction of sp³-hybridized carbons (Fsp3) is 0.533. The van der Waals surface area contributed by atoms with Crippen molar-refractivity contribution in [2.24, 2.45) is 0 Å². The summed E-state index contributed by atoms with van der Waals surface area (Å²) in [6, 6.07) is 4.41. The maximum Gasteiger partial charge on any atom is 0.497 e. The molecule has 0 spiro atoms. The van der Waals surface area contributed by atoms with E-state index in [4.69, 9.17) is 14.0 Å². The Morgan fingerprint density at radius 3 is 2.36 bits per heavy atom. The third kappa shape index (κ3) is 3.32. The molecule has 1 saturated heterocycles. The van der Waals surface area contributed by atoms with Crippen LogP contribution in [0.25, 0.3) is 0 Å². The highest BCUT2D eigenvalue weighted by Crippen LogP contribution is 2.36. The second kappa shape index (κ2) is 5.99. The maximum atomic E-state index is 14.3. The molecular weight excluding hydrogens is 288 g/mol. The fourth-order valence-electron chi connectivity index (χ4n) is 2.09. The number of benzene rings is 1. The molecule has 2 rings (SSSR count). The van der Waals surface area contributed by atoms with Crippen molar-refractivity contribution in [3.63, 3.8) is 0 Å². The molecule has 0 radical (unpaired) electrons. The van der Waals surface area contributed by atoms with Gasteiger partial charge in [-0.3, -0.25) is 4.79 Å². The summed E-state index contributed by atoms with van der Waals surface area (Å²) in [5, 5.41) is 2.55. The van der Waals surface area contributed by atoms with Crippen molar-refractivity contribution < 1.29 is 23.2 Å². The molecule has 0 aliphatic carbocycles. The first-order chi connectivity index (χ1) is 10.2. The van der Waals surface area contributed by atoms with E-state index in [1.165, 1.54) is 13.2 Å². The number of methoxy groups -OCH3 is 1. The number of rotatable bonds is 4. The van der Waals surface area contributed by atoms with E-state index in [1.807, 2.05) is 27.7 Å². The van der Waals surface area contributed by atoms with Crippen molar-refractivity contribution in [2.45, 2.75) is 38.9 Å². The number of carbonyl (C=O) groups is 1. The van der Waals surface area contributed by atoms with Crippen molar-refractivity contribution >= 4 is 24.2 Å². The van der Waals surface area contributed by atoms with Crippen LogP contribution < -0.4 is 10.8 Å². The van der Waals surface area contributed by atoms with Gasteiger partial charge in [0.2, 0.25) is 5.91 Å². The SMILES string of the molecule is COCC(=O)Nc1ccc(B2OC(C)(C)C(C)(C)O2)c(F)c1. The number of halogens is 1. The van der Waals surface area contributed by atoms with Crippen LogP contribution in [0.3, 0.4) is 0 Å². The largest absolute Gasteiger partial charge is 0.497 e. The van der Waals surface area contributed by atoms with Crippen LogP contribution >= 0.6 is 0 Å². The molecule has 1 aromatic rings. The Labute approximate surface area is 130 Å². The average molecular weight is 309 g/mol. The summed E-state index contributed by atoms with van der Waals surface area (Å²) >= 11 is 0. The molecule has 1 aromatic carbocycles. The number of carbonyl (C=O) groups excluding carboxylic acids is 1. The van der Waals surface area contributed by atoms with E-state index in [-0.39, 0.29) is 12.5 Å². The first kappa shape index (κ1) is 16.9. The van der Waals surface area contributed by atoms with Gasteiger partial charge in [-0.25, -0.2) is 4.39 Å². The Morgan fingerprint density at radius 2 is 1.86 bits per heavy atom. The highest BCUT2D eigenvalue weighted by molar-refractivity contribution is 6.62. The molecule has 0 saturated carbocycles. The number of ether oxygens (including phenoxy) is 1. The van der Waals surface area contributed by atoms with E-state index < -0.39 is 24.1 Å². The van der Waals surface area contributed by atoms with Gasteiger partial charge in [0.15, 0.2) is 0 Å². The van der Waals surface area contributed by atoms with Crippen molar-refractivity contribution in [1.29, 1.82) is 0 Å². The lowest BCUT2D eigenvalue weighted by molar-refractivity contribution is -0.119. The summed E-state index contributed by atoms with van der Waals surface area (Å²) in [7, 11) is 0.648. The molecule has 22 heavy (non-hydrogen) atoms. The van der Waals surface area contributed by atoms with Gasteiger partial charge in [-0.15, -0.1) is 0 Å². The van der Waals surface area contributed by atoms with Crippen LogP contribution in [0.4, 0.5) is 10.1 Å². The summed E-state index contributed by atoms with van der Waals surface area (Å²) in [5.41, 5.74) is -0.395. The van der Waals surface area contributed by atoms with E-state index in [1.54, 1.807) is 12.1 Å². The van der Waals surface area contributed by atoms with Crippen LogP contribution in [0.15, 0.2) is 18.2 Å². The van der Waals surface area contributed by atoms with Crippen molar-refractivity contribution in [2.75, 3.05) is 19.0 Å². The molecule has 5 nitrogen and oxygen atoms in total. The number of hydrogen-bond donors (Lipinski definition) is 1. The predicted molar refractivity (Wildman–Crippen MR) is 82.6 cm³/mol. The number of amides is 1. The van der Waals surface area contributed by atoms with Crippen LogP contribution in [-0.2, 0) is 18.8 Å². The lowest BCUT2D eigenvalue weighted by Gasteiger charge is -2.32. The Kier molecular flexibility index (Phi) is 4.61. The first-order valence-corrected chi connectivity index (χ1v) is 7.10. The van der Waals surface area contributed by atoms with Gasteiger partial charge in [-0.2, -0.15) is 0 Å². The second-order valence-corrected chi connectivity index (χ2v) is 6.31. The second-order valence-electron chi connectivity index (χ2n) is 6.31. The summed E-state index contributed by atoms with van der Waals surface area (Å²) < 4.78 is 30.7. The van der Waals surface area contributed by atoms with Crippen molar-refractivity contribution in [3.05, 3.63) is 24.0 Å². The van der Waals surface area contributed by atoms with Crippen molar-refractivity contribution in [1.82, 2.24) is 0 Å². The summed E-state index contributed by atoms with van der Waals surface area (Å²) in [5.74, 6) is -0.834. The number of hydrogen-bond acceptors (Lipinski definition) is 4. The zero-order valence-electron chi connectivity index (χ0n) is 13.5. The Morgan fingerprint density at radius 1 is 1.27 bits per heavy atom. The highest BCUT2D eigenvalue weighted by Gasteiger charge is 2.52. The lowest BCUT2D eigenvalue weighted by atomic mass is 9.78. The third-order valence-electron chi connectivity index (χ3n) is 4.07. The normalized spacial score (nSPS) is 19.3. The van der Waals surface area contributed by atoms with Crippen LogP contribution in [0.5, 0.6) is 0 Å². The maximum absolute atomic E-state index is 14.3. The Hall–Kier alpha value is -1.44. The van der Waals surface area contributed by atoms with Crippen LogP contribution in [0.1, 0.15) is 27.7 Å². The van der Waals surface area contributed by atoms with Gasteiger partial charge in [-0.1, -0.05) is 6.07 Å². The number of nitrogens with one attached hydrogen (secondary N) is 1. The summed E-state index contributed by atoms with van der Waals surface area (Å²) in [6.07, 6.45) is 0. The minimum absolute atomic E-state index is 0.0827. The Bertz CT molecular complexity index is 561. The summed E-state index contributed by atoms with van der Waals surface area (Å²) in [6.45, 7) is 7.55. The van der Waals surface area contributed by atoms with E-state index >= 15 is 0 Å². The van der Waals surface area contributed by atoms with Gasteiger partial charge in [0.25, 0.3) is 0 Å². The highest BCUT2D eigenvalue weighted by atomic mass is 19.1. The zero-order valence-corrected chi connectivity index (χ0v) is 13.5. The van der Waals surface area contributed by atoms with Gasteiger partial charge in [-0.05, 0) is 39.8 Å². The third-order valence-corrected chi connectivity index (χ3v) is 4.07. The van der Waals surface area contributed by atoms with Gasteiger partial charge < -0.3 is 19.4 Å². The topological polar surface area (TPSA) is 56.8 Å². The smallest absolute Gasteiger partial charge is 0.399 e. The minimum atomic E-state index is -0.770. The standard InChI is InChI=1S/C15H21BFNO4/c1-14(2)15(3,4)22-16(21-14)11-7-6-10(8-12(11)17)18-13(19)9-20-5/h6-8H,9H2,1-5H3,(H,18,19). The molecule has 0 bridgehead atoms. The number of anilines is 1. The van der Waals surface area contributed by atoms with Gasteiger partial charge in [0, 0.05) is 18.3 Å². The molecule has 1 amide bonds. The molecule has 7 heteroatoms. The molecule has 1 heterocycles. The minimum Gasteiger partial charge on any atom is -0.399 e. The molecule has 0 aromatic heterocycles. The van der Waals surface area contributed by atoms with Crippen LogP contribution in [0, 0.1) is 5.82 Å². The van der Waals surface area contributed by atoms with Gasteiger partial charge >= 0.3 is 7.12 Å². The van der Waals surface area contributed by atoms with E-state index in [9.17, 15) is 9.18 Å².